The lowest BCUT2D eigenvalue weighted by atomic mass is 10.0. The van der Waals surface area contributed by atoms with Crippen molar-refractivity contribution in [2.75, 3.05) is 26.7 Å². The topological polar surface area (TPSA) is 69.3 Å². The van der Waals surface area contributed by atoms with Crippen LogP contribution in [0.3, 0.4) is 0 Å². The van der Waals surface area contributed by atoms with Crippen LogP contribution < -0.4 is 5.69 Å². The van der Waals surface area contributed by atoms with Crippen LogP contribution in [0.15, 0.2) is 41.2 Å². The maximum absolute atomic E-state index is 12.7. The van der Waals surface area contributed by atoms with Crippen LogP contribution in [0.1, 0.15) is 27.8 Å². The van der Waals surface area contributed by atoms with Gasteiger partial charge in [-0.3, -0.25) is 9.69 Å². The monoisotopic (exact) mass is 312 g/mol. The average Bonchev–Trinajstić information content (AvgIpc) is 2.54. The van der Waals surface area contributed by atoms with Gasteiger partial charge in [-0.05, 0) is 25.6 Å². The van der Waals surface area contributed by atoms with Gasteiger partial charge in [-0.15, -0.1) is 0 Å². The molecule has 3 rings (SSSR count). The van der Waals surface area contributed by atoms with E-state index in [0.29, 0.717) is 18.8 Å². The molecule has 0 bridgehead atoms. The molecule has 1 fully saturated rings. The lowest BCUT2D eigenvalue weighted by Crippen LogP contribution is -2.49. The maximum Gasteiger partial charge on any atom is 0.345 e. The summed E-state index contributed by atoms with van der Waals surface area (Å²) in [6, 6.07) is 11.9. The third kappa shape index (κ3) is 3.32. The number of aromatic amines is 1. The zero-order chi connectivity index (χ0) is 16.4. The largest absolute Gasteiger partial charge is 0.345 e. The number of nitrogens with zero attached hydrogens (tertiary/aromatic N) is 3. The Morgan fingerprint density at radius 1 is 1.26 bits per heavy atom. The highest BCUT2D eigenvalue weighted by Gasteiger charge is 2.29. The summed E-state index contributed by atoms with van der Waals surface area (Å²) < 4.78 is 0. The van der Waals surface area contributed by atoms with Gasteiger partial charge in [-0.2, -0.15) is 4.98 Å². The van der Waals surface area contributed by atoms with Crippen molar-refractivity contribution in [1.82, 2.24) is 19.8 Å². The molecule has 1 amide bonds. The molecule has 0 aliphatic carbocycles. The number of amides is 1. The second-order valence-corrected chi connectivity index (χ2v) is 5.91. The highest BCUT2D eigenvalue weighted by molar-refractivity contribution is 5.92. The zero-order valence-electron chi connectivity index (χ0n) is 13.3. The molecule has 0 saturated carbocycles. The molecule has 1 N–H and O–H groups in total. The third-order valence-electron chi connectivity index (χ3n) is 4.22. The van der Waals surface area contributed by atoms with E-state index in [1.165, 1.54) is 5.56 Å². The van der Waals surface area contributed by atoms with Gasteiger partial charge in [0.1, 0.15) is 5.69 Å². The molecule has 1 saturated heterocycles. The molecule has 6 heteroatoms. The van der Waals surface area contributed by atoms with E-state index >= 15 is 0 Å². The van der Waals surface area contributed by atoms with Crippen molar-refractivity contribution in [2.45, 2.75) is 13.0 Å². The summed E-state index contributed by atoms with van der Waals surface area (Å²) in [4.78, 5) is 34.6. The number of aromatic nitrogens is 2. The molecule has 1 aromatic heterocycles. The first-order valence-corrected chi connectivity index (χ1v) is 7.67. The minimum absolute atomic E-state index is 0.150. The van der Waals surface area contributed by atoms with Crippen molar-refractivity contribution in [3.8, 4) is 0 Å². The summed E-state index contributed by atoms with van der Waals surface area (Å²) in [5, 5.41) is 0. The van der Waals surface area contributed by atoms with Gasteiger partial charge >= 0.3 is 5.69 Å². The summed E-state index contributed by atoms with van der Waals surface area (Å²) in [7, 11) is 2.06. The minimum Gasteiger partial charge on any atom is -0.334 e. The first kappa shape index (κ1) is 15.4. The predicted octanol–water partition coefficient (Wildman–Crippen LogP) is 1.21. The van der Waals surface area contributed by atoms with Gasteiger partial charge in [-0.1, -0.05) is 30.3 Å². The van der Waals surface area contributed by atoms with Crippen LogP contribution in [0.25, 0.3) is 0 Å². The van der Waals surface area contributed by atoms with E-state index in [-0.39, 0.29) is 17.6 Å². The van der Waals surface area contributed by atoms with E-state index in [4.69, 9.17) is 0 Å². The van der Waals surface area contributed by atoms with Crippen LogP contribution in [-0.2, 0) is 0 Å². The molecule has 1 atom stereocenters. The van der Waals surface area contributed by atoms with Crippen LogP contribution in [-0.4, -0.2) is 52.4 Å². The number of carbonyl (C=O) groups excluding carboxylic acids is 1. The first-order chi connectivity index (χ1) is 11.0. The quantitative estimate of drug-likeness (QED) is 0.905. The number of likely N-dealkylation sites (N-methyl/N-ethyl adjacent to an activating group) is 1. The Kier molecular flexibility index (Phi) is 4.25. The minimum atomic E-state index is -0.484. The normalized spacial score (nSPS) is 18.9. The van der Waals surface area contributed by atoms with Crippen molar-refractivity contribution in [1.29, 1.82) is 0 Å². The SMILES string of the molecule is Cc1cc(C(=O)N2CCN(C)[C@@H](c3ccccc3)C2)nc(=O)[nH]1. The molecule has 1 aliphatic heterocycles. The van der Waals surface area contributed by atoms with E-state index in [2.05, 4.69) is 34.0 Å². The fourth-order valence-electron chi connectivity index (χ4n) is 2.94. The van der Waals surface area contributed by atoms with Gasteiger partial charge in [0.25, 0.3) is 5.91 Å². The number of H-pyrrole nitrogens is 1. The summed E-state index contributed by atoms with van der Waals surface area (Å²) in [6.45, 7) is 3.75. The number of aryl methyl sites for hydroxylation is 1. The smallest absolute Gasteiger partial charge is 0.334 e. The maximum atomic E-state index is 12.7. The van der Waals surface area contributed by atoms with Gasteiger partial charge in [-0.25, -0.2) is 4.79 Å². The van der Waals surface area contributed by atoms with E-state index in [1.54, 1.807) is 17.9 Å². The Balaban J connectivity index is 1.83. The molecule has 23 heavy (non-hydrogen) atoms. The molecular formula is C17H20N4O2. The van der Waals surface area contributed by atoms with Gasteiger partial charge in [0.2, 0.25) is 0 Å². The fourth-order valence-corrected chi connectivity index (χ4v) is 2.94. The standard InChI is InChI=1S/C17H20N4O2/c1-12-10-14(19-17(23)18-12)16(22)21-9-8-20(2)15(11-21)13-6-4-3-5-7-13/h3-7,10,15H,8-9,11H2,1-2H3,(H,18,19,23)/t15-/m1/s1. The molecule has 0 unspecified atom stereocenters. The number of benzene rings is 1. The number of rotatable bonds is 2. The number of piperazine rings is 1. The number of carbonyl (C=O) groups is 1. The Hall–Kier alpha value is -2.47. The molecule has 2 aromatic rings. The molecule has 120 valence electrons. The molecule has 6 nitrogen and oxygen atoms in total. The second kappa shape index (κ2) is 6.34. The van der Waals surface area contributed by atoms with Crippen LogP contribution >= 0.6 is 0 Å². The van der Waals surface area contributed by atoms with Gasteiger partial charge in [0.15, 0.2) is 0 Å². The van der Waals surface area contributed by atoms with Gasteiger partial charge < -0.3 is 9.88 Å². The summed E-state index contributed by atoms with van der Waals surface area (Å²) in [5.41, 5.74) is 1.55. The van der Waals surface area contributed by atoms with Crippen molar-refractivity contribution in [3.63, 3.8) is 0 Å². The lowest BCUT2D eigenvalue weighted by Gasteiger charge is -2.39. The van der Waals surface area contributed by atoms with Crippen LogP contribution in [0.5, 0.6) is 0 Å². The zero-order valence-corrected chi connectivity index (χ0v) is 13.3. The number of hydrogen-bond donors (Lipinski definition) is 1. The molecule has 1 aromatic carbocycles. The van der Waals surface area contributed by atoms with E-state index in [1.807, 2.05) is 18.2 Å². The van der Waals surface area contributed by atoms with Crippen LogP contribution in [0.2, 0.25) is 0 Å². The molecule has 2 heterocycles. The van der Waals surface area contributed by atoms with Crippen molar-refractivity contribution in [2.24, 2.45) is 0 Å². The second-order valence-electron chi connectivity index (χ2n) is 5.91. The lowest BCUT2D eigenvalue weighted by molar-refractivity contribution is 0.0540. The van der Waals surface area contributed by atoms with E-state index in [9.17, 15) is 9.59 Å². The van der Waals surface area contributed by atoms with Crippen molar-refractivity contribution in [3.05, 3.63) is 63.8 Å². The summed E-state index contributed by atoms with van der Waals surface area (Å²) >= 11 is 0. The van der Waals surface area contributed by atoms with E-state index < -0.39 is 5.69 Å². The van der Waals surface area contributed by atoms with E-state index in [0.717, 1.165) is 6.54 Å². The Morgan fingerprint density at radius 2 is 2.00 bits per heavy atom. The van der Waals surface area contributed by atoms with Gasteiger partial charge in [0, 0.05) is 25.3 Å². The highest BCUT2D eigenvalue weighted by atomic mass is 16.2. The summed E-state index contributed by atoms with van der Waals surface area (Å²) in [6.07, 6.45) is 0. The molecule has 0 spiro atoms. The Bertz CT molecular complexity index is 757. The third-order valence-corrected chi connectivity index (χ3v) is 4.22. The molecule has 0 radical (unpaired) electrons. The molecule has 1 aliphatic rings. The fraction of sp³-hybridized carbons (Fsp3) is 0.353. The predicted molar refractivity (Wildman–Crippen MR) is 87.3 cm³/mol. The van der Waals surface area contributed by atoms with Crippen molar-refractivity contribution < 1.29 is 4.79 Å². The molecular weight excluding hydrogens is 292 g/mol. The number of hydrogen-bond acceptors (Lipinski definition) is 4. The summed E-state index contributed by atoms with van der Waals surface area (Å²) in [5.74, 6) is -0.187. The number of nitrogens with one attached hydrogen (secondary N) is 1. The average molecular weight is 312 g/mol. The van der Waals surface area contributed by atoms with Crippen LogP contribution in [0.4, 0.5) is 0 Å². The highest BCUT2D eigenvalue weighted by Crippen LogP contribution is 2.24. The van der Waals surface area contributed by atoms with Gasteiger partial charge in [0.05, 0.1) is 6.04 Å². The Morgan fingerprint density at radius 3 is 2.70 bits per heavy atom. The van der Waals surface area contributed by atoms with Crippen LogP contribution in [0, 0.1) is 6.92 Å². The van der Waals surface area contributed by atoms with Crippen molar-refractivity contribution >= 4 is 5.91 Å². The Labute approximate surface area is 134 Å². The first-order valence-electron chi connectivity index (χ1n) is 7.67.